The van der Waals surface area contributed by atoms with Crippen LogP contribution in [0.25, 0.3) is 0 Å². The van der Waals surface area contributed by atoms with Crippen LogP contribution in [-0.4, -0.2) is 5.92 Å². The summed E-state index contributed by atoms with van der Waals surface area (Å²) in [5.74, 6) is 1.36. The molecule has 1 aliphatic rings. The highest BCUT2D eigenvalue weighted by molar-refractivity contribution is 5.12. The Balaban J connectivity index is 2.81. The summed E-state index contributed by atoms with van der Waals surface area (Å²) in [5.41, 5.74) is 0. The Labute approximate surface area is 78.7 Å². The zero-order chi connectivity index (χ0) is 9.90. The van der Waals surface area contributed by atoms with Crippen molar-refractivity contribution in [2.75, 3.05) is 0 Å². The number of hydrogen-bond donors (Lipinski definition) is 0. The first-order valence-electron chi connectivity index (χ1n) is 4.92. The Morgan fingerprint density at radius 2 is 2.00 bits per heavy atom. The van der Waals surface area contributed by atoms with Crippen LogP contribution in [0.4, 0.5) is 8.78 Å². The van der Waals surface area contributed by atoms with E-state index in [2.05, 4.69) is 11.8 Å². The third-order valence-electron chi connectivity index (χ3n) is 2.59. The van der Waals surface area contributed by atoms with Crippen molar-refractivity contribution in [1.29, 1.82) is 0 Å². The Hall–Kier alpha value is -0.580. The van der Waals surface area contributed by atoms with Crippen molar-refractivity contribution in [3.05, 3.63) is 0 Å². The molecule has 1 unspecified atom stereocenters. The molecule has 1 rings (SSSR count). The molecule has 1 aliphatic carbocycles. The molecule has 1 atom stereocenters. The summed E-state index contributed by atoms with van der Waals surface area (Å²) in [4.78, 5) is 0. The van der Waals surface area contributed by atoms with Gasteiger partial charge in [0, 0.05) is 12.3 Å². The molecule has 2 heteroatoms. The van der Waals surface area contributed by atoms with E-state index in [4.69, 9.17) is 0 Å². The van der Waals surface area contributed by atoms with Crippen molar-refractivity contribution < 1.29 is 8.78 Å². The first-order valence-corrected chi connectivity index (χ1v) is 4.92. The minimum Gasteiger partial charge on any atom is -0.192 e. The third kappa shape index (κ3) is 2.69. The summed E-state index contributed by atoms with van der Waals surface area (Å²) in [7, 11) is 0. The van der Waals surface area contributed by atoms with Crippen LogP contribution in [0.15, 0.2) is 0 Å². The van der Waals surface area contributed by atoms with Crippen molar-refractivity contribution >= 4 is 0 Å². The topological polar surface area (TPSA) is 0 Å². The number of rotatable bonds is 1. The zero-order valence-corrected chi connectivity index (χ0v) is 8.24. The maximum absolute atomic E-state index is 13.4. The van der Waals surface area contributed by atoms with E-state index in [-0.39, 0.29) is 5.92 Å². The van der Waals surface area contributed by atoms with E-state index in [1.165, 1.54) is 0 Å². The number of alkyl halides is 2. The highest BCUT2D eigenvalue weighted by Gasteiger charge is 2.39. The molecule has 13 heavy (non-hydrogen) atoms. The van der Waals surface area contributed by atoms with Gasteiger partial charge in [0.1, 0.15) is 0 Å². The van der Waals surface area contributed by atoms with Crippen LogP contribution in [0.5, 0.6) is 0 Å². The van der Waals surface area contributed by atoms with Gasteiger partial charge in [0.05, 0.1) is 0 Å². The summed E-state index contributed by atoms with van der Waals surface area (Å²) >= 11 is 0. The van der Waals surface area contributed by atoms with Crippen molar-refractivity contribution in [2.45, 2.75) is 45.5 Å². The van der Waals surface area contributed by atoms with Crippen LogP contribution in [0, 0.1) is 23.7 Å². The van der Waals surface area contributed by atoms with E-state index in [9.17, 15) is 8.78 Å². The summed E-state index contributed by atoms with van der Waals surface area (Å²) in [6.07, 6.45) is 3.08. The molecule has 0 fully saturated rings. The molecule has 0 aromatic heterocycles. The molecular weight excluding hydrogens is 170 g/mol. The fraction of sp³-hybridized carbons (Fsp3) is 0.818. The van der Waals surface area contributed by atoms with E-state index in [0.29, 0.717) is 12.8 Å². The van der Waals surface area contributed by atoms with Gasteiger partial charge in [0.2, 0.25) is 0 Å². The first-order chi connectivity index (χ1) is 6.04. The summed E-state index contributed by atoms with van der Waals surface area (Å²) in [6, 6.07) is 0. The van der Waals surface area contributed by atoms with Gasteiger partial charge in [-0.05, 0) is 24.7 Å². The molecule has 0 saturated heterocycles. The average molecular weight is 186 g/mol. The minimum absolute atomic E-state index is 0.0161. The van der Waals surface area contributed by atoms with E-state index < -0.39 is 11.8 Å². The lowest BCUT2D eigenvalue weighted by Crippen LogP contribution is -2.31. The van der Waals surface area contributed by atoms with Gasteiger partial charge in [-0.2, -0.15) is 8.78 Å². The first kappa shape index (κ1) is 10.5. The molecule has 0 aliphatic heterocycles. The molecule has 0 spiro atoms. The van der Waals surface area contributed by atoms with Crippen LogP contribution in [0.1, 0.15) is 39.5 Å². The monoisotopic (exact) mass is 186 g/mol. The maximum atomic E-state index is 13.4. The largest absolute Gasteiger partial charge is 0.311 e. The lowest BCUT2D eigenvalue weighted by molar-refractivity contribution is -0.0249. The standard InChI is InChI=1S/C11H16F2/c1-9(2)10-7-5-3-4-6-8-11(10,12)13/h9-10H,3-5,7H2,1-2H3. The second-order valence-electron chi connectivity index (χ2n) is 4.02. The van der Waals surface area contributed by atoms with E-state index in [0.717, 1.165) is 12.8 Å². The Bertz CT molecular complexity index is 220. The molecule has 0 aromatic rings. The molecular formula is C11H16F2. The summed E-state index contributed by atoms with van der Waals surface area (Å²) in [5, 5.41) is 0. The molecule has 0 amide bonds. The predicted molar refractivity (Wildman–Crippen MR) is 49.5 cm³/mol. The van der Waals surface area contributed by atoms with E-state index in [1.54, 1.807) is 0 Å². The van der Waals surface area contributed by atoms with Crippen LogP contribution in [0.2, 0.25) is 0 Å². The van der Waals surface area contributed by atoms with Crippen LogP contribution >= 0.6 is 0 Å². The minimum atomic E-state index is -2.77. The van der Waals surface area contributed by atoms with Gasteiger partial charge < -0.3 is 0 Å². The third-order valence-corrected chi connectivity index (χ3v) is 2.59. The van der Waals surface area contributed by atoms with Crippen LogP contribution in [0.3, 0.4) is 0 Å². The number of halogens is 2. The lowest BCUT2D eigenvalue weighted by atomic mass is 9.84. The smallest absolute Gasteiger partial charge is 0.192 e. The van der Waals surface area contributed by atoms with Gasteiger partial charge in [-0.1, -0.05) is 26.2 Å². The van der Waals surface area contributed by atoms with Crippen molar-refractivity contribution in [2.24, 2.45) is 11.8 Å². The van der Waals surface area contributed by atoms with Gasteiger partial charge in [-0.3, -0.25) is 0 Å². The van der Waals surface area contributed by atoms with E-state index >= 15 is 0 Å². The Morgan fingerprint density at radius 1 is 1.31 bits per heavy atom. The Morgan fingerprint density at radius 3 is 2.62 bits per heavy atom. The van der Waals surface area contributed by atoms with Crippen molar-refractivity contribution in [3.63, 3.8) is 0 Å². The second kappa shape index (κ2) is 4.09. The maximum Gasteiger partial charge on any atom is 0.311 e. The highest BCUT2D eigenvalue weighted by Crippen LogP contribution is 2.35. The fourth-order valence-electron chi connectivity index (χ4n) is 1.78. The van der Waals surface area contributed by atoms with Gasteiger partial charge >= 0.3 is 5.92 Å². The summed E-state index contributed by atoms with van der Waals surface area (Å²) < 4.78 is 26.8. The second-order valence-corrected chi connectivity index (χ2v) is 4.02. The van der Waals surface area contributed by atoms with Crippen LogP contribution in [-0.2, 0) is 0 Å². The quantitative estimate of drug-likeness (QED) is 0.550. The fourth-order valence-corrected chi connectivity index (χ4v) is 1.78. The molecule has 0 heterocycles. The zero-order valence-electron chi connectivity index (χ0n) is 8.24. The molecule has 74 valence electrons. The van der Waals surface area contributed by atoms with Crippen molar-refractivity contribution in [1.82, 2.24) is 0 Å². The Kier molecular flexibility index (Phi) is 3.30. The average Bonchev–Trinajstić information content (AvgIpc) is 1.97. The molecule has 0 aromatic carbocycles. The molecule has 0 nitrogen and oxygen atoms in total. The van der Waals surface area contributed by atoms with Gasteiger partial charge in [-0.15, -0.1) is 0 Å². The van der Waals surface area contributed by atoms with Crippen LogP contribution < -0.4 is 0 Å². The molecule has 0 N–H and O–H groups in total. The van der Waals surface area contributed by atoms with Gasteiger partial charge in [-0.25, -0.2) is 0 Å². The number of hydrogen-bond acceptors (Lipinski definition) is 0. The predicted octanol–water partition coefficient (Wildman–Crippen LogP) is 3.47. The highest BCUT2D eigenvalue weighted by atomic mass is 19.3. The summed E-state index contributed by atoms with van der Waals surface area (Å²) in [6.45, 7) is 3.70. The van der Waals surface area contributed by atoms with E-state index in [1.807, 2.05) is 13.8 Å². The molecule has 0 saturated carbocycles. The molecule has 0 radical (unpaired) electrons. The normalized spacial score (nSPS) is 27.3. The van der Waals surface area contributed by atoms with Crippen molar-refractivity contribution in [3.8, 4) is 11.8 Å². The van der Waals surface area contributed by atoms with Gasteiger partial charge in [0.25, 0.3) is 0 Å². The van der Waals surface area contributed by atoms with Gasteiger partial charge in [0.15, 0.2) is 0 Å². The lowest BCUT2D eigenvalue weighted by Gasteiger charge is -2.26. The SMILES string of the molecule is CC(C)C1CCCCC#CC1(F)F. The molecule has 0 bridgehead atoms.